The molecule has 0 radical (unpaired) electrons. The van der Waals surface area contributed by atoms with E-state index < -0.39 is 11.7 Å². The molecule has 3 rings (SSSR count). The third kappa shape index (κ3) is 4.96. The number of hydrogen-bond acceptors (Lipinski definition) is 3. The van der Waals surface area contributed by atoms with E-state index in [0.29, 0.717) is 11.2 Å². The monoisotopic (exact) mass is 386 g/mol. The van der Waals surface area contributed by atoms with Crippen molar-refractivity contribution >= 4 is 18.6 Å². The van der Waals surface area contributed by atoms with Gasteiger partial charge in [0.2, 0.25) is 0 Å². The van der Waals surface area contributed by atoms with E-state index in [1.165, 1.54) is 37.8 Å². The van der Waals surface area contributed by atoms with E-state index in [1.807, 2.05) is 0 Å². The Bertz CT molecular complexity index is 598. The second-order valence-electron chi connectivity index (χ2n) is 7.62. The molecule has 0 N–H and O–H groups in total. The lowest BCUT2D eigenvalue weighted by Gasteiger charge is -2.36. The topological polar surface area (TPSA) is 26.3 Å². The van der Waals surface area contributed by atoms with Crippen molar-refractivity contribution < 1.29 is 22.7 Å². The van der Waals surface area contributed by atoms with Crippen LogP contribution in [0.15, 0.2) is 24.3 Å². The molecule has 0 aliphatic heterocycles. The molecular formula is C20H25F3O2S. The zero-order chi connectivity index (χ0) is 18.7. The van der Waals surface area contributed by atoms with E-state index in [1.54, 1.807) is 0 Å². The molecule has 2 saturated carbocycles. The van der Waals surface area contributed by atoms with Crippen LogP contribution in [-0.2, 0) is 11.0 Å². The summed E-state index contributed by atoms with van der Waals surface area (Å²) in [4.78, 5) is 12.3. The van der Waals surface area contributed by atoms with Crippen molar-refractivity contribution in [1.82, 2.24) is 0 Å². The first kappa shape index (κ1) is 19.6. The van der Waals surface area contributed by atoms with Crippen LogP contribution in [-0.4, -0.2) is 11.2 Å². The molecule has 6 heteroatoms. The van der Waals surface area contributed by atoms with Gasteiger partial charge in [0.15, 0.2) is 0 Å². The third-order valence-corrected chi connectivity index (χ3v) is 6.43. The summed E-state index contributed by atoms with van der Waals surface area (Å²) in [6.07, 6.45) is 4.15. The van der Waals surface area contributed by atoms with Gasteiger partial charge in [0, 0.05) is 5.25 Å². The number of ether oxygens (including phenoxy) is 1. The van der Waals surface area contributed by atoms with E-state index in [9.17, 15) is 18.0 Å². The van der Waals surface area contributed by atoms with Crippen LogP contribution in [0, 0.1) is 17.8 Å². The van der Waals surface area contributed by atoms with Gasteiger partial charge in [0.05, 0.1) is 11.5 Å². The Morgan fingerprint density at radius 1 is 0.885 bits per heavy atom. The van der Waals surface area contributed by atoms with Crippen LogP contribution in [0.1, 0.15) is 56.9 Å². The van der Waals surface area contributed by atoms with E-state index in [2.05, 4.69) is 12.6 Å². The van der Waals surface area contributed by atoms with Crippen molar-refractivity contribution in [2.45, 2.75) is 62.8 Å². The normalized spacial score (nSPS) is 30.0. The highest BCUT2D eigenvalue weighted by atomic mass is 32.1. The summed E-state index contributed by atoms with van der Waals surface area (Å²) in [5.74, 6) is 1.16. The molecule has 0 amide bonds. The van der Waals surface area contributed by atoms with Gasteiger partial charge in [-0.2, -0.15) is 25.8 Å². The number of thiol groups is 1. The molecule has 0 spiro atoms. The van der Waals surface area contributed by atoms with Crippen LogP contribution >= 0.6 is 12.6 Å². The highest BCUT2D eigenvalue weighted by Crippen LogP contribution is 2.41. The minimum absolute atomic E-state index is 0.144. The van der Waals surface area contributed by atoms with Gasteiger partial charge < -0.3 is 4.74 Å². The highest BCUT2D eigenvalue weighted by molar-refractivity contribution is 7.80. The van der Waals surface area contributed by atoms with Crippen LogP contribution in [0.2, 0.25) is 0 Å². The summed E-state index contributed by atoms with van der Waals surface area (Å²) in [5.41, 5.74) is -0.742. The predicted molar refractivity (Wildman–Crippen MR) is 97.3 cm³/mol. The number of halogens is 3. The Morgan fingerprint density at radius 2 is 1.38 bits per heavy atom. The molecule has 0 saturated heterocycles. The number of alkyl halides is 3. The minimum Gasteiger partial charge on any atom is -0.426 e. The van der Waals surface area contributed by atoms with Gasteiger partial charge in [-0.3, -0.25) is 4.79 Å². The molecule has 2 nitrogen and oxygen atoms in total. The van der Waals surface area contributed by atoms with Gasteiger partial charge in [-0.15, -0.1) is 0 Å². The summed E-state index contributed by atoms with van der Waals surface area (Å²) in [6.45, 7) is 0. The Hall–Kier alpha value is -1.17. The summed E-state index contributed by atoms with van der Waals surface area (Å²) in [6, 6.07) is 4.30. The van der Waals surface area contributed by atoms with Crippen molar-refractivity contribution in [3.05, 3.63) is 29.8 Å². The molecular weight excluding hydrogens is 361 g/mol. The number of carbonyl (C=O) groups is 1. The molecule has 2 aliphatic carbocycles. The molecule has 2 fully saturated rings. The zero-order valence-electron chi connectivity index (χ0n) is 14.7. The van der Waals surface area contributed by atoms with E-state index in [-0.39, 0.29) is 17.6 Å². The second kappa shape index (κ2) is 8.24. The maximum Gasteiger partial charge on any atom is 0.416 e. The first-order chi connectivity index (χ1) is 12.3. The van der Waals surface area contributed by atoms with E-state index >= 15 is 0 Å². The first-order valence-corrected chi connectivity index (χ1v) is 9.91. The van der Waals surface area contributed by atoms with E-state index in [0.717, 1.165) is 43.7 Å². The van der Waals surface area contributed by atoms with Crippen LogP contribution < -0.4 is 4.74 Å². The van der Waals surface area contributed by atoms with Gasteiger partial charge in [-0.1, -0.05) is 0 Å². The number of benzene rings is 1. The van der Waals surface area contributed by atoms with Crippen LogP contribution in [0.4, 0.5) is 13.2 Å². The summed E-state index contributed by atoms with van der Waals surface area (Å²) >= 11 is 4.55. The molecule has 2 aliphatic rings. The Balaban J connectivity index is 1.48. The number of hydrogen-bond donors (Lipinski definition) is 1. The molecule has 1 aromatic rings. The predicted octanol–water partition coefficient (Wildman–Crippen LogP) is 5.91. The standard InChI is InChI=1S/C20H25F3O2S/c21-20(22,23)16-7-9-17(10-8-16)25-19(24)15-3-1-13(2-4-15)14-5-11-18(26)12-6-14/h7-10,13-15,18,26H,1-6,11-12H2. The van der Waals surface area contributed by atoms with Crippen molar-refractivity contribution in [3.8, 4) is 5.75 Å². The lowest BCUT2D eigenvalue weighted by Crippen LogP contribution is -2.30. The molecule has 0 aromatic heterocycles. The smallest absolute Gasteiger partial charge is 0.416 e. The van der Waals surface area contributed by atoms with Gasteiger partial charge in [0.1, 0.15) is 5.75 Å². The van der Waals surface area contributed by atoms with Crippen molar-refractivity contribution in [3.63, 3.8) is 0 Å². The summed E-state index contributed by atoms with van der Waals surface area (Å²) in [7, 11) is 0. The number of carbonyl (C=O) groups excluding carboxylic acids is 1. The van der Waals surface area contributed by atoms with Crippen LogP contribution in [0.3, 0.4) is 0 Å². The van der Waals surface area contributed by atoms with Crippen LogP contribution in [0.25, 0.3) is 0 Å². The lowest BCUT2D eigenvalue weighted by molar-refractivity contribution is -0.140. The Labute approximate surface area is 157 Å². The maximum atomic E-state index is 12.6. The van der Waals surface area contributed by atoms with Crippen molar-refractivity contribution in [2.75, 3.05) is 0 Å². The average molecular weight is 386 g/mol. The van der Waals surface area contributed by atoms with E-state index in [4.69, 9.17) is 4.74 Å². The van der Waals surface area contributed by atoms with Gasteiger partial charge in [-0.05, 0) is 87.5 Å². The minimum atomic E-state index is -4.38. The largest absolute Gasteiger partial charge is 0.426 e. The molecule has 144 valence electrons. The van der Waals surface area contributed by atoms with Gasteiger partial charge in [0.25, 0.3) is 0 Å². The third-order valence-electron chi connectivity index (χ3n) is 5.91. The molecule has 0 heterocycles. The Morgan fingerprint density at radius 3 is 1.88 bits per heavy atom. The molecule has 0 bridgehead atoms. The van der Waals surface area contributed by atoms with Crippen LogP contribution in [0.5, 0.6) is 5.75 Å². The fourth-order valence-electron chi connectivity index (χ4n) is 4.31. The van der Waals surface area contributed by atoms with Gasteiger partial charge in [-0.25, -0.2) is 0 Å². The molecule has 1 aromatic carbocycles. The average Bonchev–Trinajstić information content (AvgIpc) is 2.62. The molecule has 0 atom stereocenters. The maximum absolute atomic E-state index is 12.6. The zero-order valence-corrected chi connectivity index (χ0v) is 15.6. The first-order valence-electron chi connectivity index (χ1n) is 9.40. The van der Waals surface area contributed by atoms with Gasteiger partial charge >= 0.3 is 12.1 Å². The molecule has 26 heavy (non-hydrogen) atoms. The number of esters is 1. The Kier molecular flexibility index (Phi) is 6.21. The summed E-state index contributed by atoms with van der Waals surface area (Å²) < 4.78 is 43.0. The fraction of sp³-hybridized carbons (Fsp3) is 0.650. The SMILES string of the molecule is O=C(Oc1ccc(C(F)(F)F)cc1)C1CCC(C2CCC(S)CC2)CC1. The lowest BCUT2D eigenvalue weighted by atomic mass is 9.71. The fourth-order valence-corrected chi connectivity index (χ4v) is 4.61. The number of rotatable bonds is 3. The van der Waals surface area contributed by atoms with Crippen molar-refractivity contribution in [1.29, 1.82) is 0 Å². The molecule has 0 unspecified atom stereocenters. The quantitative estimate of drug-likeness (QED) is 0.397. The highest BCUT2D eigenvalue weighted by Gasteiger charge is 2.33. The summed E-state index contributed by atoms with van der Waals surface area (Å²) in [5, 5.41) is 0.543. The van der Waals surface area contributed by atoms with Crippen molar-refractivity contribution in [2.24, 2.45) is 17.8 Å². The second-order valence-corrected chi connectivity index (χ2v) is 8.35.